The summed E-state index contributed by atoms with van der Waals surface area (Å²) in [6.45, 7) is 5.14. The first-order chi connectivity index (χ1) is 10.6. The number of likely N-dealkylation sites (tertiary alicyclic amines) is 1. The summed E-state index contributed by atoms with van der Waals surface area (Å²) in [6.07, 6.45) is 3.67. The van der Waals surface area contributed by atoms with E-state index in [0.717, 1.165) is 32.8 Å². The van der Waals surface area contributed by atoms with Crippen LogP contribution in [0.3, 0.4) is 0 Å². The van der Waals surface area contributed by atoms with Crippen LogP contribution >= 0.6 is 0 Å². The van der Waals surface area contributed by atoms with Gasteiger partial charge in [0.2, 0.25) is 0 Å². The Labute approximate surface area is 131 Å². The van der Waals surface area contributed by atoms with Crippen molar-refractivity contribution >= 4 is 6.03 Å². The minimum Gasteiger partial charge on any atom is -0.380 e. The number of carbonyl (C=O) groups excluding carboxylic acids is 1. The van der Waals surface area contributed by atoms with Crippen molar-refractivity contribution in [1.82, 2.24) is 20.1 Å². The maximum atomic E-state index is 11.8. The Hall–Kier alpha value is -1.66. The standard InChI is InChI=1S/C16H24N4O2/c1-19(2)15(21)18-10-16-11-20(8-14(16)9-22-12-16)7-13-3-5-17-6-4-13/h3-6,14H,7-12H2,1-2H3,(H,18,21)/t14-,16+/m1/s1. The molecule has 6 heteroatoms. The third kappa shape index (κ3) is 3.08. The summed E-state index contributed by atoms with van der Waals surface area (Å²) in [5.74, 6) is 0.497. The third-order valence-corrected chi connectivity index (χ3v) is 4.75. The van der Waals surface area contributed by atoms with E-state index in [1.807, 2.05) is 12.4 Å². The number of aromatic nitrogens is 1. The largest absolute Gasteiger partial charge is 0.380 e. The highest BCUT2D eigenvalue weighted by Gasteiger charge is 2.50. The molecule has 0 bridgehead atoms. The second kappa shape index (κ2) is 6.22. The van der Waals surface area contributed by atoms with Gasteiger partial charge in [-0.15, -0.1) is 0 Å². The molecule has 6 nitrogen and oxygen atoms in total. The lowest BCUT2D eigenvalue weighted by molar-refractivity contribution is 0.125. The van der Waals surface area contributed by atoms with Crippen molar-refractivity contribution in [3.8, 4) is 0 Å². The Bertz CT molecular complexity index is 522. The van der Waals surface area contributed by atoms with Crippen LogP contribution in [0.25, 0.3) is 0 Å². The molecule has 2 aliphatic heterocycles. The number of rotatable bonds is 4. The van der Waals surface area contributed by atoms with E-state index < -0.39 is 0 Å². The first-order valence-electron chi connectivity index (χ1n) is 7.73. The fourth-order valence-corrected chi connectivity index (χ4v) is 3.47. The molecule has 3 heterocycles. The van der Waals surface area contributed by atoms with Gasteiger partial charge >= 0.3 is 6.03 Å². The smallest absolute Gasteiger partial charge is 0.316 e. The molecule has 0 aliphatic carbocycles. The van der Waals surface area contributed by atoms with Crippen LogP contribution in [0.5, 0.6) is 0 Å². The molecule has 2 saturated heterocycles. The van der Waals surface area contributed by atoms with E-state index in [2.05, 4.69) is 27.3 Å². The Kier molecular flexibility index (Phi) is 4.31. The molecule has 2 fully saturated rings. The Morgan fingerprint density at radius 3 is 3.00 bits per heavy atom. The highest BCUT2D eigenvalue weighted by Crippen LogP contribution is 2.41. The van der Waals surface area contributed by atoms with Gasteiger partial charge in [-0.2, -0.15) is 0 Å². The molecule has 0 aromatic carbocycles. The van der Waals surface area contributed by atoms with Gasteiger partial charge in [-0.1, -0.05) is 0 Å². The minimum absolute atomic E-state index is 0.0346. The molecule has 2 amide bonds. The highest BCUT2D eigenvalue weighted by atomic mass is 16.5. The van der Waals surface area contributed by atoms with Crippen molar-refractivity contribution in [3.05, 3.63) is 30.1 Å². The van der Waals surface area contributed by atoms with Crippen LogP contribution < -0.4 is 5.32 Å². The van der Waals surface area contributed by atoms with Crippen molar-refractivity contribution in [2.45, 2.75) is 6.54 Å². The number of ether oxygens (including phenoxy) is 1. The molecule has 1 aromatic rings. The lowest BCUT2D eigenvalue weighted by atomic mass is 9.81. The van der Waals surface area contributed by atoms with Gasteiger partial charge in [0, 0.05) is 64.0 Å². The Morgan fingerprint density at radius 1 is 1.50 bits per heavy atom. The van der Waals surface area contributed by atoms with Gasteiger partial charge in [-0.05, 0) is 17.7 Å². The molecule has 22 heavy (non-hydrogen) atoms. The average molecular weight is 304 g/mol. The van der Waals surface area contributed by atoms with Crippen LogP contribution in [0.4, 0.5) is 4.79 Å². The van der Waals surface area contributed by atoms with Crippen molar-refractivity contribution in [3.63, 3.8) is 0 Å². The summed E-state index contributed by atoms with van der Waals surface area (Å²) in [7, 11) is 3.53. The monoisotopic (exact) mass is 304 g/mol. The first-order valence-corrected chi connectivity index (χ1v) is 7.73. The fraction of sp³-hybridized carbons (Fsp3) is 0.625. The van der Waals surface area contributed by atoms with Crippen LogP contribution in [0, 0.1) is 11.3 Å². The number of pyridine rings is 1. The van der Waals surface area contributed by atoms with Crippen LogP contribution in [-0.4, -0.2) is 67.8 Å². The normalized spacial score (nSPS) is 27.6. The van der Waals surface area contributed by atoms with Crippen LogP contribution in [0.2, 0.25) is 0 Å². The minimum atomic E-state index is -0.0346. The van der Waals surface area contributed by atoms with E-state index >= 15 is 0 Å². The zero-order valence-corrected chi connectivity index (χ0v) is 13.3. The van der Waals surface area contributed by atoms with Gasteiger partial charge < -0.3 is 15.0 Å². The molecule has 1 aromatic heterocycles. The predicted molar refractivity (Wildman–Crippen MR) is 83.3 cm³/mol. The number of urea groups is 1. The van der Waals surface area contributed by atoms with E-state index in [4.69, 9.17) is 4.74 Å². The summed E-state index contributed by atoms with van der Waals surface area (Å²) in [5, 5.41) is 3.04. The van der Waals surface area contributed by atoms with Gasteiger partial charge in [-0.3, -0.25) is 9.88 Å². The molecule has 0 spiro atoms. The topological polar surface area (TPSA) is 57.7 Å². The van der Waals surface area contributed by atoms with Crippen molar-refractivity contribution < 1.29 is 9.53 Å². The van der Waals surface area contributed by atoms with Gasteiger partial charge in [0.1, 0.15) is 0 Å². The number of hydrogen-bond acceptors (Lipinski definition) is 4. The number of carbonyl (C=O) groups is 1. The molecular weight excluding hydrogens is 280 g/mol. The number of amides is 2. The van der Waals surface area contributed by atoms with Crippen LogP contribution in [0.1, 0.15) is 5.56 Å². The van der Waals surface area contributed by atoms with Crippen molar-refractivity contribution in [2.75, 3.05) is 46.9 Å². The second-order valence-corrected chi connectivity index (χ2v) is 6.65. The van der Waals surface area contributed by atoms with Gasteiger partial charge in [-0.25, -0.2) is 4.79 Å². The predicted octanol–water partition coefficient (Wildman–Crippen LogP) is 0.801. The van der Waals surface area contributed by atoms with E-state index in [1.165, 1.54) is 5.56 Å². The first kappa shape index (κ1) is 15.2. The highest BCUT2D eigenvalue weighted by molar-refractivity contribution is 5.73. The molecule has 120 valence electrons. The summed E-state index contributed by atoms with van der Waals surface area (Å²) < 4.78 is 5.70. The molecule has 1 N–H and O–H groups in total. The number of hydrogen-bond donors (Lipinski definition) is 1. The summed E-state index contributed by atoms with van der Waals surface area (Å²) in [6, 6.07) is 4.09. The maximum Gasteiger partial charge on any atom is 0.316 e. The van der Waals surface area contributed by atoms with Crippen LogP contribution in [-0.2, 0) is 11.3 Å². The summed E-state index contributed by atoms with van der Waals surface area (Å²) in [4.78, 5) is 19.9. The van der Waals surface area contributed by atoms with Crippen molar-refractivity contribution in [1.29, 1.82) is 0 Å². The fourth-order valence-electron chi connectivity index (χ4n) is 3.47. The second-order valence-electron chi connectivity index (χ2n) is 6.65. The molecular formula is C16H24N4O2. The molecule has 0 saturated carbocycles. The van der Waals surface area contributed by atoms with E-state index in [1.54, 1.807) is 19.0 Å². The van der Waals surface area contributed by atoms with Crippen molar-refractivity contribution in [2.24, 2.45) is 11.3 Å². The van der Waals surface area contributed by atoms with E-state index in [-0.39, 0.29) is 11.4 Å². The van der Waals surface area contributed by atoms with E-state index in [0.29, 0.717) is 12.5 Å². The zero-order chi connectivity index (χ0) is 15.6. The quantitative estimate of drug-likeness (QED) is 0.894. The maximum absolute atomic E-state index is 11.8. The Balaban J connectivity index is 1.62. The van der Waals surface area contributed by atoms with Gasteiger partial charge in [0.05, 0.1) is 13.2 Å². The molecule has 0 unspecified atom stereocenters. The van der Waals surface area contributed by atoms with Gasteiger partial charge in [0.25, 0.3) is 0 Å². The molecule has 3 rings (SSSR count). The van der Waals surface area contributed by atoms with Gasteiger partial charge in [0.15, 0.2) is 0 Å². The third-order valence-electron chi connectivity index (χ3n) is 4.75. The summed E-state index contributed by atoms with van der Waals surface area (Å²) >= 11 is 0. The summed E-state index contributed by atoms with van der Waals surface area (Å²) in [5.41, 5.74) is 1.34. The SMILES string of the molecule is CN(C)C(=O)NC[C@]12COC[C@H]1CN(Cc1ccncc1)C2. The average Bonchev–Trinajstić information content (AvgIpc) is 3.02. The molecule has 2 atom stereocenters. The molecule has 0 radical (unpaired) electrons. The number of nitrogens with zero attached hydrogens (tertiary/aromatic N) is 3. The number of fused-ring (bicyclic) bond motifs is 1. The van der Waals surface area contributed by atoms with Crippen LogP contribution in [0.15, 0.2) is 24.5 Å². The Morgan fingerprint density at radius 2 is 2.27 bits per heavy atom. The zero-order valence-electron chi connectivity index (χ0n) is 13.3. The lowest BCUT2D eigenvalue weighted by Crippen LogP contribution is -2.45. The molecule has 2 aliphatic rings. The van der Waals surface area contributed by atoms with E-state index in [9.17, 15) is 4.79 Å². The lowest BCUT2D eigenvalue weighted by Gasteiger charge is -2.28. The number of nitrogens with one attached hydrogen (secondary N) is 1.